The van der Waals surface area contributed by atoms with Crippen LogP contribution in [0, 0.1) is 0 Å². The van der Waals surface area contributed by atoms with Gasteiger partial charge in [0.15, 0.2) is 12.2 Å². The summed E-state index contributed by atoms with van der Waals surface area (Å²) in [5.41, 5.74) is 0. The number of carbonyl (C=O) groups is 4. The molecule has 17 nitrogen and oxygen atoms in total. The van der Waals surface area contributed by atoms with Crippen LogP contribution in [0.5, 0.6) is 0 Å². The van der Waals surface area contributed by atoms with E-state index in [1.807, 2.05) is 0 Å². The molecule has 0 fully saturated rings. The molecule has 5 atom stereocenters. The molecule has 0 aliphatic carbocycles. The first-order valence-electron chi connectivity index (χ1n) is 39.6. The molecule has 0 aliphatic rings. The first-order chi connectivity index (χ1) is 46.7. The molecular weight excluding hydrogens is 1260 g/mol. The van der Waals surface area contributed by atoms with Gasteiger partial charge in [0.05, 0.1) is 26.4 Å². The number of ether oxygens (including phenoxy) is 4. The quantitative estimate of drug-likeness (QED) is 0.0169. The van der Waals surface area contributed by atoms with Gasteiger partial charge in [-0.05, 0) is 51.4 Å². The Hall–Kier alpha value is -2.46. The van der Waals surface area contributed by atoms with E-state index in [0.29, 0.717) is 25.7 Å². The summed E-state index contributed by atoms with van der Waals surface area (Å²) in [7, 11) is -9.92. The van der Waals surface area contributed by atoms with E-state index in [1.54, 1.807) is 0 Å². The van der Waals surface area contributed by atoms with E-state index in [9.17, 15) is 43.2 Å². The lowest BCUT2D eigenvalue weighted by Crippen LogP contribution is -2.30. The molecule has 0 heterocycles. The number of rotatable bonds is 76. The van der Waals surface area contributed by atoms with Crippen LogP contribution in [0.15, 0.2) is 24.3 Å². The zero-order valence-corrected chi connectivity index (χ0v) is 63.6. The first-order valence-corrected chi connectivity index (χ1v) is 42.6. The Morgan fingerprint density at radius 1 is 0.292 bits per heavy atom. The van der Waals surface area contributed by atoms with Crippen molar-refractivity contribution in [1.29, 1.82) is 0 Å². The van der Waals surface area contributed by atoms with Crippen molar-refractivity contribution in [2.45, 2.75) is 406 Å². The number of unbranched alkanes of at least 4 members (excludes halogenated alkanes) is 47. The first kappa shape index (κ1) is 93.5. The van der Waals surface area contributed by atoms with Crippen molar-refractivity contribution in [1.82, 2.24) is 0 Å². The van der Waals surface area contributed by atoms with Crippen molar-refractivity contribution in [3.63, 3.8) is 0 Å². The number of hydrogen-bond donors (Lipinski definition) is 3. The maximum atomic E-state index is 13.1. The fraction of sp³-hybridized carbons (Fsp3) is 0.896. The van der Waals surface area contributed by atoms with Crippen molar-refractivity contribution >= 4 is 39.5 Å². The minimum Gasteiger partial charge on any atom is -0.462 e. The normalized spacial score (nSPS) is 14.0. The summed E-state index contributed by atoms with van der Waals surface area (Å²) in [4.78, 5) is 72.7. The standard InChI is InChI=1S/C77H146O17P2/c1-5-9-13-17-21-25-28-31-33-34-35-36-37-38-40-42-45-48-52-56-60-64-77(82)94-73(68-88-75(80)62-58-54-50-46-44-41-39-32-29-26-22-18-14-10-6-2)70-92-96(85,86)90-66-71(78)65-89-95(83,84)91-69-72(67-87-74(79)61-57-53-49-24-20-16-12-8-4)93-76(81)63-59-55-51-47-43-30-27-23-19-15-11-7-3/h26,29,32,39,71-73,78H,5-25,27-28,30-31,33-38,40-70H2,1-4H3,(H,83,84)(H,85,86)/b29-26-,39-32-/t71-,72+,73+/m0/s1. The molecule has 0 bridgehead atoms. The van der Waals surface area contributed by atoms with Gasteiger partial charge in [0.2, 0.25) is 0 Å². The van der Waals surface area contributed by atoms with E-state index in [4.69, 9.17) is 37.0 Å². The molecule has 0 aliphatic heterocycles. The molecule has 3 N–H and O–H groups in total. The lowest BCUT2D eigenvalue weighted by atomic mass is 10.0. The van der Waals surface area contributed by atoms with E-state index >= 15 is 0 Å². The largest absolute Gasteiger partial charge is 0.472 e. The third-order valence-electron chi connectivity index (χ3n) is 17.5. The summed E-state index contributed by atoms with van der Waals surface area (Å²) in [6, 6.07) is 0. The molecule has 0 radical (unpaired) electrons. The molecule has 0 aromatic heterocycles. The second-order valence-electron chi connectivity index (χ2n) is 27.1. The zero-order valence-electron chi connectivity index (χ0n) is 61.8. The molecule has 0 aromatic carbocycles. The van der Waals surface area contributed by atoms with Crippen LogP contribution < -0.4 is 0 Å². The molecular formula is C77H146O17P2. The maximum Gasteiger partial charge on any atom is 0.472 e. The van der Waals surface area contributed by atoms with Gasteiger partial charge in [-0.3, -0.25) is 37.3 Å². The highest BCUT2D eigenvalue weighted by molar-refractivity contribution is 7.47. The second-order valence-corrected chi connectivity index (χ2v) is 30.0. The number of hydrogen-bond acceptors (Lipinski definition) is 15. The molecule has 0 aromatic rings. The molecule has 0 spiro atoms. The molecule has 0 amide bonds. The molecule has 2 unspecified atom stereocenters. The van der Waals surface area contributed by atoms with Gasteiger partial charge in [-0.25, -0.2) is 9.13 Å². The maximum absolute atomic E-state index is 13.1. The molecule has 566 valence electrons. The zero-order chi connectivity index (χ0) is 70.4. The number of allylic oxidation sites excluding steroid dienone is 4. The summed E-state index contributed by atoms with van der Waals surface area (Å²) in [6.07, 6.45) is 64.7. The van der Waals surface area contributed by atoms with Crippen LogP contribution in [0.2, 0.25) is 0 Å². The highest BCUT2D eigenvalue weighted by Crippen LogP contribution is 2.45. The van der Waals surface area contributed by atoms with Gasteiger partial charge in [0.1, 0.15) is 19.3 Å². The summed E-state index contributed by atoms with van der Waals surface area (Å²) < 4.78 is 68.4. The van der Waals surface area contributed by atoms with E-state index in [1.165, 1.54) is 193 Å². The fourth-order valence-electron chi connectivity index (χ4n) is 11.4. The van der Waals surface area contributed by atoms with E-state index in [0.717, 1.165) is 116 Å². The molecule has 0 saturated carbocycles. The lowest BCUT2D eigenvalue weighted by molar-refractivity contribution is -0.161. The van der Waals surface area contributed by atoms with Gasteiger partial charge in [-0.1, -0.05) is 335 Å². The van der Waals surface area contributed by atoms with Crippen LogP contribution in [0.4, 0.5) is 0 Å². The predicted octanol–water partition coefficient (Wildman–Crippen LogP) is 22.6. The number of aliphatic hydroxyl groups excluding tert-OH is 1. The van der Waals surface area contributed by atoms with Crippen LogP contribution in [-0.4, -0.2) is 96.7 Å². The van der Waals surface area contributed by atoms with E-state index < -0.39 is 97.5 Å². The second kappa shape index (κ2) is 71.0. The topological polar surface area (TPSA) is 237 Å². The van der Waals surface area contributed by atoms with Crippen LogP contribution in [-0.2, 0) is 65.4 Å². The summed E-state index contributed by atoms with van der Waals surface area (Å²) >= 11 is 0. The van der Waals surface area contributed by atoms with Gasteiger partial charge < -0.3 is 33.8 Å². The Balaban J connectivity index is 5.21. The third kappa shape index (κ3) is 70.0. The van der Waals surface area contributed by atoms with Crippen LogP contribution in [0.25, 0.3) is 0 Å². The summed E-state index contributed by atoms with van der Waals surface area (Å²) in [5.74, 6) is -2.15. The van der Waals surface area contributed by atoms with Gasteiger partial charge in [-0.15, -0.1) is 0 Å². The Labute approximate surface area is 586 Å². The number of carbonyl (C=O) groups excluding carboxylic acids is 4. The average molecular weight is 1410 g/mol. The van der Waals surface area contributed by atoms with Crippen LogP contribution in [0.3, 0.4) is 0 Å². The molecule has 0 rings (SSSR count). The number of esters is 4. The summed E-state index contributed by atoms with van der Waals surface area (Å²) in [6.45, 7) is 4.90. The SMILES string of the molecule is CCCCCC/C=C\C=C/CCCCCCCC(=O)OC[C@H](COP(=O)(O)OC[C@@H](O)COP(=O)(O)OC[C@@H](COC(=O)CCCCCCCCCC)OC(=O)CCCCCCCCCCCCCC)OC(=O)CCCCCCCCCCCCCCCCCCCCCCC. The highest BCUT2D eigenvalue weighted by Gasteiger charge is 2.30. The van der Waals surface area contributed by atoms with Crippen molar-refractivity contribution in [3.8, 4) is 0 Å². The average Bonchev–Trinajstić information content (AvgIpc) is 1.03. The van der Waals surface area contributed by atoms with Crippen molar-refractivity contribution in [2.75, 3.05) is 39.6 Å². The van der Waals surface area contributed by atoms with E-state index in [2.05, 4.69) is 52.0 Å². The summed E-state index contributed by atoms with van der Waals surface area (Å²) in [5, 5.41) is 10.6. The Morgan fingerprint density at radius 3 is 0.760 bits per heavy atom. The van der Waals surface area contributed by atoms with Crippen molar-refractivity contribution < 1.29 is 80.2 Å². The minimum atomic E-state index is -4.96. The Kier molecular flexibility index (Phi) is 69.1. The Morgan fingerprint density at radius 2 is 0.500 bits per heavy atom. The van der Waals surface area contributed by atoms with Gasteiger partial charge >= 0.3 is 39.5 Å². The number of phosphoric acid groups is 2. The van der Waals surface area contributed by atoms with Crippen molar-refractivity contribution in [3.05, 3.63) is 24.3 Å². The smallest absolute Gasteiger partial charge is 0.462 e. The number of phosphoric ester groups is 2. The minimum absolute atomic E-state index is 0.102. The van der Waals surface area contributed by atoms with Gasteiger partial charge in [0, 0.05) is 25.7 Å². The third-order valence-corrected chi connectivity index (χ3v) is 19.4. The van der Waals surface area contributed by atoms with Gasteiger partial charge in [-0.2, -0.15) is 0 Å². The fourth-order valence-corrected chi connectivity index (χ4v) is 13.0. The molecule has 19 heteroatoms. The van der Waals surface area contributed by atoms with Crippen LogP contribution in [0.1, 0.15) is 387 Å². The Bertz CT molecular complexity index is 1920. The number of aliphatic hydroxyl groups is 1. The molecule has 0 saturated heterocycles. The predicted molar refractivity (Wildman–Crippen MR) is 391 cm³/mol. The van der Waals surface area contributed by atoms with Gasteiger partial charge in [0.25, 0.3) is 0 Å². The highest BCUT2D eigenvalue weighted by atomic mass is 31.2. The van der Waals surface area contributed by atoms with Crippen molar-refractivity contribution in [2.24, 2.45) is 0 Å². The lowest BCUT2D eigenvalue weighted by Gasteiger charge is -2.21. The van der Waals surface area contributed by atoms with Crippen LogP contribution >= 0.6 is 15.6 Å². The molecule has 96 heavy (non-hydrogen) atoms. The van der Waals surface area contributed by atoms with E-state index in [-0.39, 0.29) is 25.7 Å². The monoisotopic (exact) mass is 1410 g/mol.